The van der Waals surface area contributed by atoms with E-state index >= 15 is 0 Å². The second kappa shape index (κ2) is 3.80. The van der Waals surface area contributed by atoms with Crippen molar-refractivity contribution >= 4 is 5.82 Å². The van der Waals surface area contributed by atoms with Gasteiger partial charge in [-0.1, -0.05) is 24.3 Å². The molecule has 0 bridgehead atoms. The lowest BCUT2D eigenvalue weighted by molar-refractivity contribution is 0.151. The van der Waals surface area contributed by atoms with Gasteiger partial charge in [0.2, 0.25) is 0 Å². The zero-order valence-corrected chi connectivity index (χ0v) is 8.27. The fraction of sp³-hybridized carbons (Fsp3) is 0.100. The summed E-state index contributed by atoms with van der Waals surface area (Å²) >= 11 is 0. The number of alkyl halides is 2. The van der Waals surface area contributed by atoms with E-state index in [2.05, 4.69) is 4.98 Å². The molecule has 1 aromatic carbocycles. The van der Waals surface area contributed by atoms with Gasteiger partial charge in [-0.15, -0.1) is 0 Å². The molecule has 0 unspecified atom stereocenters. The SMILES string of the molecule is Nc1c(-c2ccc(C(F)F)cc2)ncn1N. The minimum atomic E-state index is -2.47. The summed E-state index contributed by atoms with van der Waals surface area (Å²) in [6.45, 7) is 0. The Labute approximate surface area is 90.5 Å². The van der Waals surface area contributed by atoms with Crippen LogP contribution in [-0.4, -0.2) is 9.66 Å². The highest BCUT2D eigenvalue weighted by Crippen LogP contribution is 2.26. The lowest BCUT2D eigenvalue weighted by atomic mass is 10.1. The molecule has 1 aromatic heterocycles. The van der Waals surface area contributed by atoms with Crippen LogP contribution in [0.5, 0.6) is 0 Å². The molecule has 16 heavy (non-hydrogen) atoms. The summed E-state index contributed by atoms with van der Waals surface area (Å²) in [5, 5.41) is 0. The summed E-state index contributed by atoms with van der Waals surface area (Å²) in [5.41, 5.74) is 6.77. The van der Waals surface area contributed by atoms with E-state index in [1.165, 1.54) is 23.1 Å². The van der Waals surface area contributed by atoms with Crippen LogP contribution < -0.4 is 11.6 Å². The first-order chi connectivity index (χ1) is 7.59. The molecule has 4 nitrogen and oxygen atoms in total. The van der Waals surface area contributed by atoms with Crippen molar-refractivity contribution < 1.29 is 8.78 Å². The van der Waals surface area contributed by atoms with Crippen LogP contribution in [0, 0.1) is 0 Å². The standard InChI is InChI=1S/C10H10F2N4/c11-9(12)7-3-1-6(2-4-7)8-10(13)16(14)5-15-8/h1-5,9H,13-14H2. The Bertz CT molecular complexity index is 490. The Balaban J connectivity index is 2.38. The van der Waals surface area contributed by atoms with Gasteiger partial charge in [0.1, 0.15) is 17.8 Å². The monoisotopic (exact) mass is 224 g/mol. The number of hydrogen-bond acceptors (Lipinski definition) is 3. The van der Waals surface area contributed by atoms with E-state index in [0.717, 1.165) is 0 Å². The molecule has 6 heteroatoms. The number of benzene rings is 1. The number of halogens is 2. The topological polar surface area (TPSA) is 69.9 Å². The summed E-state index contributed by atoms with van der Waals surface area (Å²) in [7, 11) is 0. The molecular weight excluding hydrogens is 214 g/mol. The molecule has 0 aliphatic carbocycles. The van der Waals surface area contributed by atoms with E-state index in [1.807, 2.05) is 0 Å². The van der Waals surface area contributed by atoms with Gasteiger partial charge in [0.25, 0.3) is 6.43 Å². The van der Waals surface area contributed by atoms with Gasteiger partial charge < -0.3 is 11.6 Å². The van der Waals surface area contributed by atoms with E-state index < -0.39 is 6.43 Å². The van der Waals surface area contributed by atoms with Crippen LogP contribution in [0.15, 0.2) is 30.6 Å². The van der Waals surface area contributed by atoms with Crippen LogP contribution in [0.2, 0.25) is 0 Å². The van der Waals surface area contributed by atoms with Gasteiger partial charge in [-0.2, -0.15) is 0 Å². The lowest BCUT2D eigenvalue weighted by Crippen LogP contribution is -2.09. The van der Waals surface area contributed by atoms with E-state index in [4.69, 9.17) is 11.6 Å². The van der Waals surface area contributed by atoms with Crippen LogP contribution in [0.25, 0.3) is 11.3 Å². The van der Waals surface area contributed by atoms with E-state index in [9.17, 15) is 8.78 Å². The van der Waals surface area contributed by atoms with Crippen molar-refractivity contribution in [2.75, 3.05) is 11.6 Å². The maximum atomic E-state index is 12.3. The first kappa shape index (κ1) is 10.4. The summed E-state index contributed by atoms with van der Waals surface area (Å²) in [6, 6.07) is 5.77. The molecule has 0 radical (unpaired) electrons. The average molecular weight is 224 g/mol. The van der Waals surface area contributed by atoms with Crippen LogP contribution in [0.4, 0.5) is 14.6 Å². The number of nitrogens with two attached hydrogens (primary N) is 2. The van der Waals surface area contributed by atoms with Gasteiger partial charge >= 0.3 is 0 Å². The van der Waals surface area contributed by atoms with Gasteiger partial charge in [-0.25, -0.2) is 18.4 Å². The first-order valence-corrected chi connectivity index (χ1v) is 4.56. The Morgan fingerprint density at radius 2 is 1.81 bits per heavy atom. The third-order valence-corrected chi connectivity index (χ3v) is 2.27. The molecule has 0 aliphatic rings. The average Bonchev–Trinajstić information content (AvgIpc) is 2.60. The number of hydrogen-bond donors (Lipinski definition) is 2. The van der Waals surface area contributed by atoms with Crippen LogP contribution in [0.3, 0.4) is 0 Å². The Morgan fingerprint density at radius 1 is 1.19 bits per heavy atom. The molecule has 0 aliphatic heterocycles. The molecule has 2 aromatic rings. The Hall–Kier alpha value is -2.11. The number of anilines is 1. The number of imidazole rings is 1. The van der Waals surface area contributed by atoms with Crippen molar-refractivity contribution in [1.82, 2.24) is 9.66 Å². The first-order valence-electron chi connectivity index (χ1n) is 4.56. The molecular formula is C10H10F2N4. The van der Waals surface area contributed by atoms with Gasteiger partial charge in [0.05, 0.1) is 0 Å². The molecule has 84 valence electrons. The summed E-state index contributed by atoms with van der Waals surface area (Å²) in [6.07, 6.45) is -1.11. The molecule has 0 saturated carbocycles. The predicted molar refractivity (Wildman–Crippen MR) is 57.2 cm³/mol. The van der Waals surface area contributed by atoms with Crippen LogP contribution in [-0.2, 0) is 0 Å². The summed E-state index contributed by atoms with van der Waals surface area (Å²) in [5.74, 6) is 5.76. The smallest absolute Gasteiger partial charge is 0.263 e. The zero-order valence-electron chi connectivity index (χ0n) is 8.27. The Kier molecular flexibility index (Phi) is 2.47. The highest BCUT2D eigenvalue weighted by atomic mass is 19.3. The second-order valence-electron chi connectivity index (χ2n) is 3.31. The minimum Gasteiger partial charge on any atom is -0.382 e. The predicted octanol–water partition coefficient (Wildman–Crippen LogP) is 1.78. The van der Waals surface area contributed by atoms with Crippen LogP contribution in [0.1, 0.15) is 12.0 Å². The number of nitrogen functional groups attached to an aromatic ring is 2. The highest BCUT2D eigenvalue weighted by molar-refractivity contribution is 5.70. The van der Waals surface area contributed by atoms with E-state index in [-0.39, 0.29) is 5.56 Å². The number of rotatable bonds is 2. The van der Waals surface area contributed by atoms with Crippen molar-refractivity contribution in [2.24, 2.45) is 0 Å². The fourth-order valence-corrected chi connectivity index (χ4v) is 1.38. The lowest BCUT2D eigenvalue weighted by Gasteiger charge is -2.02. The molecule has 0 atom stereocenters. The normalized spacial score (nSPS) is 10.9. The van der Waals surface area contributed by atoms with Gasteiger partial charge in [0.15, 0.2) is 0 Å². The van der Waals surface area contributed by atoms with E-state index in [1.54, 1.807) is 12.1 Å². The van der Waals surface area contributed by atoms with Crippen molar-refractivity contribution in [3.05, 3.63) is 36.2 Å². The van der Waals surface area contributed by atoms with Crippen molar-refractivity contribution in [2.45, 2.75) is 6.43 Å². The maximum Gasteiger partial charge on any atom is 0.263 e. The summed E-state index contributed by atoms with van der Waals surface area (Å²) < 4.78 is 25.8. The summed E-state index contributed by atoms with van der Waals surface area (Å²) in [4.78, 5) is 3.99. The molecule has 2 rings (SSSR count). The maximum absolute atomic E-state index is 12.3. The third kappa shape index (κ3) is 1.69. The van der Waals surface area contributed by atoms with Gasteiger partial charge in [-0.3, -0.25) is 0 Å². The number of nitrogens with zero attached hydrogens (tertiary/aromatic N) is 2. The second-order valence-corrected chi connectivity index (χ2v) is 3.31. The van der Waals surface area contributed by atoms with E-state index in [0.29, 0.717) is 17.1 Å². The van der Waals surface area contributed by atoms with Crippen molar-refractivity contribution in [3.8, 4) is 11.3 Å². The number of aromatic nitrogens is 2. The third-order valence-electron chi connectivity index (χ3n) is 2.27. The molecule has 0 amide bonds. The molecule has 4 N–H and O–H groups in total. The largest absolute Gasteiger partial charge is 0.382 e. The van der Waals surface area contributed by atoms with Crippen molar-refractivity contribution in [1.29, 1.82) is 0 Å². The molecule has 1 heterocycles. The highest BCUT2D eigenvalue weighted by Gasteiger charge is 2.10. The van der Waals surface area contributed by atoms with Gasteiger partial charge in [0, 0.05) is 11.1 Å². The fourth-order valence-electron chi connectivity index (χ4n) is 1.38. The zero-order chi connectivity index (χ0) is 11.7. The van der Waals surface area contributed by atoms with Crippen molar-refractivity contribution in [3.63, 3.8) is 0 Å². The molecule has 0 spiro atoms. The molecule has 0 saturated heterocycles. The van der Waals surface area contributed by atoms with Gasteiger partial charge in [-0.05, 0) is 0 Å². The Morgan fingerprint density at radius 3 is 2.25 bits per heavy atom. The van der Waals surface area contributed by atoms with Crippen LogP contribution >= 0.6 is 0 Å². The molecule has 0 fully saturated rings. The quantitative estimate of drug-likeness (QED) is 0.764. The minimum absolute atomic E-state index is 0.0329.